The summed E-state index contributed by atoms with van der Waals surface area (Å²) < 4.78 is 0. The van der Waals surface area contributed by atoms with Crippen LogP contribution in [-0.4, -0.2) is 21.5 Å². The van der Waals surface area contributed by atoms with Gasteiger partial charge in [0, 0.05) is 11.8 Å². The number of hydrogen-bond acceptors (Lipinski definition) is 1. The number of benzene rings is 1. The van der Waals surface area contributed by atoms with Gasteiger partial charge >= 0.3 is 5.97 Å². The van der Waals surface area contributed by atoms with Gasteiger partial charge in [0.05, 0.1) is 5.02 Å². The van der Waals surface area contributed by atoms with Crippen molar-refractivity contribution in [2.24, 2.45) is 0 Å². The first-order valence-electron chi connectivity index (χ1n) is 4.35. The highest BCUT2D eigenvalue weighted by Gasteiger charge is 2.16. The second-order valence-corrected chi connectivity index (χ2v) is 3.46. The number of aromatic amines is 1. The lowest BCUT2D eigenvalue weighted by Gasteiger charge is -2.00. The summed E-state index contributed by atoms with van der Waals surface area (Å²) >= 11 is 5.93. The third-order valence-electron chi connectivity index (χ3n) is 2.11. The molecule has 84 valence electrons. The van der Waals surface area contributed by atoms with E-state index in [1.807, 2.05) is 30.3 Å². The van der Waals surface area contributed by atoms with Gasteiger partial charge in [-0.2, -0.15) is 0 Å². The summed E-state index contributed by atoms with van der Waals surface area (Å²) in [6.45, 7) is 0. The summed E-state index contributed by atoms with van der Waals surface area (Å²) in [5, 5.41) is 9.37. The second kappa shape index (κ2) is 4.83. The predicted octanol–water partition coefficient (Wildman–Crippen LogP) is 2.21. The molecule has 0 spiro atoms. The van der Waals surface area contributed by atoms with E-state index >= 15 is 0 Å². The first-order valence-corrected chi connectivity index (χ1v) is 4.73. The van der Waals surface area contributed by atoms with Gasteiger partial charge in [-0.05, 0) is 5.56 Å². The minimum absolute atomic E-state index is 0. The highest BCUT2D eigenvalue weighted by atomic mass is 35.5. The fourth-order valence-electron chi connectivity index (χ4n) is 1.45. The standard InChI is InChI=1S/C11H8ClNO2.H2O/c12-8-6-13-10(11(14)15)9(8)7-4-2-1-3-5-7;/h1-6,13H,(H,14,15);1H2. The Morgan fingerprint density at radius 1 is 1.25 bits per heavy atom. The Morgan fingerprint density at radius 2 is 1.88 bits per heavy atom. The van der Waals surface area contributed by atoms with Gasteiger partial charge in [-0.15, -0.1) is 0 Å². The van der Waals surface area contributed by atoms with E-state index in [0.29, 0.717) is 10.6 Å². The van der Waals surface area contributed by atoms with E-state index in [0.717, 1.165) is 5.56 Å². The molecule has 1 aromatic carbocycles. The van der Waals surface area contributed by atoms with E-state index in [1.54, 1.807) is 0 Å². The number of nitrogens with one attached hydrogen (secondary N) is 1. The molecule has 0 bridgehead atoms. The fraction of sp³-hybridized carbons (Fsp3) is 0. The lowest BCUT2D eigenvalue weighted by molar-refractivity contribution is 0.0692. The number of halogens is 1. The van der Waals surface area contributed by atoms with Gasteiger partial charge < -0.3 is 15.6 Å². The molecule has 0 aliphatic rings. The summed E-state index contributed by atoms with van der Waals surface area (Å²) in [5.74, 6) is -1.01. The van der Waals surface area contributed by atoms with E-state index in [1.165, 1.54) is 6.20 Å². The SMILES string of the molecule is O.O=C(O)c1[nH]cc(Cl)c1-c1ccccc1. The van der Waals surface area contributed by atoms with Crippen molar-refractivity contribution in [3.8, 4) is 11.1 Å². The van der Waals surface area contributed by atoms with Crippen LogP contribution in [0.2, 0.25) is 5.02 Å². The Labute approximate surface area is 96.8 Å². The van der Waals surface area contributed by atoms with Crippen LogP contribution in [0, 0.1) is 0 Å². The van der Waals surface area contributed by atoms with Crippen LogP contribution in [-0.2, 0) is 0 Å². The molecule has 5 heteroatoms. The van der Waals surface area contributed by atoms with Crippen LogP contribution in [0.5, 0.6) is 0 Å². The monoisotopic (exact) mass is 239 g/mol. The molecule has 2 rings (SSSR count). The van der Waals surface area contributed by atoms with Crippen molar-refractivity contribution in [3.05, 3.63) is 47.2 Å². The van der Waals surface area contributed by atoms with Crippen LogP contribution in [0.15, 0.2) is 36.5 Å². The van der Waals surface area contributed by atoms with Crippen molar-refractivity contribution in [2.75, 3.05) is 0 Å². The third-order valence-corrected chi connectivity index (χ3v) is 2.41. The number of aromatic nitrogens is 1. The fourth-order valence-corrected chi connectivity index (χ4v) is 1.71. The normalized spacial score (nSPS) is 9.56. The second-order valence-electron chi connectivity index (χ2n) is 3.06. The van der Waals surface area contributed by atoms with Gasteiger partial charge in [-0.25, -0.2) is 4.79 Å². The molecule has 0 aliphatic carbocycles. The van der Waals surface area contributed by atoms with Crippen LogP contribution in [0.4, 0.5) is 0 Å². The molecular formula is C11H10ClNO3. The number of carboxylic acid groups (broad SMARTS) is 1. The van der Waals surface area contributed by atoms with E-state index in [9.17, 15) is 4.79 Å². The first-order chi connectivity index (χ1) is 7.20. The van der Waals surface area contributed by atoms with Crippen molar-refractivity contribution in [2.45, 2.75) is 0 Å². The minimum atomic E-state index is -1.01. The predicted molar refractivity (Wildman–Crippen MR) is 61.8 cm³/mol. The lowest BCUT2D eigenvalue weighted by atomic mass is 10.1. The zero-order chi connectivity index (χ0) is 10.8. The van der Waals surface area contributed by atoms with Gasteiger partial charge in [0.15, 0.2) is 0 Å². The Bertz CT molecular complexity index is 493. The van der Waals surface area contributed by atoms with Crippen LogP contribution < -0.4 is 0 Å². The van der Waals surface area contributed by atoms with E-state index in [4.69, 9.17) is 16.7 Å². The molecule has 1 aromatic heterocycles. The average Bonchev–Trinajstić information content (AvgIpc) is 2.61. The number of carboxylic acids is 1. The first kappa shape index (κ1) is 12.3. The molecule has 0 saturated carbocycles. The molecule has 0 atom stereocenters. The molecule has 1 heterocycles. The van der Waals surface area contributed by atoms with Gasteiger partial charge in [-0.1, -0.05) is 41.9 Å². The van der Waals surface area contributed by atoms with Crippen molar-refractivity contribution in [1.82, 2.24) is 4.98 Å². The zero-order valence-electron chi connectivity index (χ0n) is 8.20. The molecule has 2 aromatic rings. The van der Waals surface area contributed by atoms with Crippen LogP contribution in [0.3, 0.4) is 0 Å². The van der Waals surface area contributed by atoms with E-state index < -0.39 is 5.97 Å². The molecule has 4 nitrogen and oxygen atoms in total. The van der Waals surface area contributed by atoms with Gasteiger partial charge in [-0.3, -0.25) is 0 Å². The number of aromatic carboxylic acids is 1. The molecular weight excluding hydrogens is 230 g/mol. The summed E-state index contributed by atoms with van der Waals surface area (Å²) in [7, 11) is 0. The van der Waals surface area contributed by atoms with Crippen LogP contribution in [0.25, 0.3) is 11.1 Å². The third kappa shape index (κ3) is 2.08. The Balaban J connectivity index is 0.00000128. The number of hydrogen-bond donors (Lipinski definition) is 2. The summed E-state index contributed by atoms with van der Waals surface area (Å²) in [6, 6.07) is 9.18. The van der Waals surface area contributed by atoms with Crippen molar-refractivity contribution < 1.29 is 15.4 Å². The lowest BCUT2D eigenvalue weighted by Crippen LogP contribution is -1.98. The van der Waals surface area contributed by atoms with Crippen LogP contribution in [0.1, 0.15) is 10.5 Å². The number of rotatable bonds is 2. The van der Waals surface area contributed by atoms with Crippen molar-refractivity contribution in [3.63, 3.8) is 0 Å². The molecule has 0 aliphatic heterocycles. The molecule has 0 amide bonds. The highest BCUT2D eigenvalue weighted by Crippen LogP contribution is 2.30. The van der Waals surface area contributed by atoms with E-state index in [2.05, 4.69) is 4.98 Å². The highest BCUT2D eigenvalue weighted by molar-refractivity contribution is 6.34. The van der Waals surface area contributed by atoms with E-state index in [-0.39, 0.29) is 11.2 Å². The quantitative estimate of drug-likeness (QED) is 0.842. The Kier molecular flexibility index (Phi) is 3.71. The summed E-state index contributed by atoms with van der Waals surface area (Å²) in [4.78, 5) is 13.6. The molecule has 0 saturated heterocycles. The summed E-state index contributed by atoms with van der Waals surface area (Å²) in [6.07, 6.45) is 1.48. The van der Waals surface area contributed by atoms with Crippen molar-refractivity contribution in [1.29, 1.82) is 0 Å². The van der Waals surface area contributed by atoms with Crippen molar-refractivity contribution >= 4 is 17.6 Å². The zero-order valence-corrected chi connectivity index (χ0v) is 8.95. The molecule has 0 unspecified atom stereocenters. The number of H-pyrrole nitrogens is 1. The maximum Gasteiger partial charge on any atom is 0.353 e. The maximum atomic E-state index is 10.9. The summed E-state index contributed by atoms with van der Waals surface area (Å²) in [5.41, 5.74) is 1.44. The Hall–Kier alpha value is -1.78. The molecule has 16 heavy (non-hydrogen) atoms. The average molecular weight is 240 g/mol. The molecule has 0 radical (unpaired) electrons. The largest absolute Gasteiger partial charge is 0.477 e. The van der Waals surface area contributed by atoms with Gasteiger partial charge in [0.2, 0.25) is 0 Å². The molecule has 4 N–H and O–H groups in total. The molecule has 0 fully saturated rings. The van der Waals surface area contributed by atoms with Gasteiger partial charge in [0.25, 0.3) is 0 Å². The topological polar surface area (TPSA) is 84.6 Å². The Morgan fingerprint density at radius 3 is 2.44 bits per heavy atom. The smallest absolute Gasteiger partial charge is 0.353 e. The number of carbonyl (C=O) groups is 1. The van der Waals surface area contributed by atoms with Crippen LogP contribution >= 0.6 is 11.6 Å². The minimum Gasteiger partial charge on any atom is -0.477 e. The van der Waals surface area contributed by atoms with Gasteiger partial charge in [0.1, 0.15) is 5.69 Å². The maximum absolute atomic E-state index is 10.9.